The van der Waals surface area contributed by atoms with E-state index in [1.807, 2.05) is 18.0 Å². The molecule has 0 aromatic carbocycles. The van der Waals surface area contributed by atoms with Crippen molar-refractivity contribution < 1.29 is 14.3 Å². The predicted octanol–water partition coefficient (Wildman–Crippen LogP) is 1.12. The van der Waals surface area contributed by atoms with Crippen molar-refractivity contribution in [2.75, 3.05) is 39.4 Å². The van der Waals surface area contributed by atoms with E-state index in [4.69, 9.17) is 4.74 Å². The molecule has 1 aromatic heterocycles. The number of carbonyl (C=O) groups is 2. The van der Waals surface area contributed by atoms with E-state index in [0.29, 0.717) is 24.3 Å². The Labute approximate surface area is 167 Å². The highest BCUT2D eigenvalue weighted by Gasteiger charge is 2.31. The van der Waals surface area contributed by atoms with E-state index < -0.39 is 0 Å². The number of hydrogen-bond acceptors (Lipinski definition) is 5. The first-order valence-corrected chi connectivity index (χ1v) is 10.5. The Kier molecular flexibility index (Phi) is 7.44. The van der Waals surface area contributed by atoms with Gasteiger partial charge in [-0.15, -0.1) is 0 Å². The highest BCUT2D eigenvalue weighted by molar-refractivity contribution is 5.92. The van der Waals surface area contributed by atoms with Gasteiger partial charge in [0.05, 0.1) is 0 Å². The van der Waals surface area contributed by atoms with E-state index in [1.165, 1.54) is 0 Å². The van der Waals surface area contributed by atoms with Gasteiger partial charge in [-0.3, -0.25) is 19.2 Å². The third kappa shape index (κ3) is 5.32. The molecule has 1 aromatic rings. The summed E-state index contributed by atoms with van der Waals surface area (Å²) < 4.78 is 7.30. The van der Waals surface area contributed by atoms with Crippen LogP contribution in [0.3, 0.4) is 0 Å². The second-order valence-electron chi connectivity index (χ2n) is 7.63. The van der Waals surface area contributed by atoms with Crippen LogP contribution in [0.25, 0.3) is 0 Å². The number of piperidine rings is 1. The SMILES string of the molecule is CCn1ccc(C(=O)NCCN(C2CCOCC2)C2CCN(C(C)=O)CC2)n1. The average molecular weight is 392 g/mol. The number of amides is 2. The zero-order valence-electron chi connectivity index (χ0n) is 17.1. The Morgan fingerprint density at radius 1 is 1.21 bits per heavy atom. The van der Waals surface area contributed by atoms with E-state index in [9.17, 15) is 9.59 Å². The first-order chi connectivity index (χ1) is 13.6. The first-order valence-electron chi connectivity index (χ1n) is 10.5. The van der Waals surface area contributed by atoms with E-state index in [0.717, 1.165) is 65.1 Å². The smallest absolute Gasteiger partial charge is 0.271 e. The molecule has 0 bridgehead atoms. The van der Waals surface area contributed by atoms with Crippen molar-refractivity contribution >= 4 is 11.8 Å². The van der Waals surface area contributed by atoms with Crippen LogP contribution >= 0.6 is 0 Å². The summed E-state index contributed by atoms with van der Waals surface area (Å²) in [4.78, 5) is 28.5. The highest BCUT2D eigenvalue weighted by atomic mass is 16.5. The Morgan fingerprint density at radius 2 is 1.89 bits per heavy atom. The molecule has 28 heavy (non-hydrogen) atoms. The van der Waals surface area contributed by atoms with E-state index in [-0.39, 0.29) is 11.8 Å². The van der Waals surface area contributed by atoms with Gasteiger partial charge < -0.3 is 15.0 Å². The summed E-state index contributed by atoms with van der Waals surface area (Å²) in [6.45, 7) is 9.05. The summed E-state index contributed by atoms with van der Waals surface area (Å²) in [7, 11) is 0. The molecule has 3 rings (SSSR count). The van der Waals surface area contributed by atoms with Gasteiger partial charge in [0.2, 0.25) is 5.91 Å². The molecule has 0 atom stereocenters. The Morgan fingerprint density at radius 3 is 2.50 bits per heavy atom. The summed E-state index contributed by atoms with van der Waals surface area (Å²) in [6.07, 6.45) is 5.87. The summed E-state index contributed by atoms with van der Waals surface area (Å²) in [5.74, 6) is 0.0420. The number of aryl methyl sites for hydroxylation is 1. The monoisotopic (exact) mass is 391 g/mol. The first kappa shape index (κ1) is 20.8. The predicted molar refractivity (Wildman–Crippen MR) is 106 cm³/mol. The third-order valence-electron chi connectivity index (χ3n) is 5.89. The summed E-state index contributed by atoms with van der Waals surface area (Å²) in [5.41, 5.74) is 0.467. The van der Waals surface area contributed by atoms with Crippen LogP contribution in [-0.4, -0.2) is 82.9 Å². The fraction of sp³-hybridized carbons (Fsp3) is 0.750. The van der Waals surface area contributed by atoms with Crippen LogP contribution < -0.4 is 5.32 Å². The Balaban J connectivity index is 1.55. The maximum Gasteiger partial charge on any atom is 0.271 e. The highest BCUT2D eigenvalue weighted by Crippen LogP contribution is 2.23. The zero-order valence-corrected chi connectivity index (χ0v) is 17.1. The van der Waals surface area contributed by atoms with Crippen LogP contribution in [0.4, 0.5) is 0 Å². The van der Waals surface area contributed by atoms with Gasteiger partial charge in [0.15, 0.2) is 0 Å². The summed E-state index contributed by atoms with van der Waals surface area (Å²) >= 11 is 0. The number of nitrogens with zero attached hydrogens (tertiary/aromatic N) is 4. The van der Waals surface area contributed by atoms with Gasteiger partial charge in [-0.2, -0.15) is 5.10 Å². The quantitative estimate of drug-likeness (QED) is 0.754. The molecule has 156 valence electrons. The van der Waals surface area contributed by atoms with Gasteiger partial charge in [0, 0.05) is 71.1 Å². The fourth-order valence-electron chi connectivity index (χ4n) is 4.24. The molecule has 0 spiro atoms. The largest absolute Gasteiger partial charge is 0.381 e. The van der Waals surface area contributed by atoms with Crippen molar-refractivity contribution in [2.24, 2.45) is 0 Å². The zero-order chi connectivity index (χ0) is 19.9. The van der Waals surface area contributed by atoms with E-state index >= 15 is 0 Å². The van der Waals surface area contributed by atoms with Crippen molar-refractivity contribution in [2.45, 2.75) is 58.2 Å². The van der Waals surface area contributed by atoms with Crippen LogP contribution in [0.1, 0.15) is 50.0 Å². The Hall–Kier alpha value is -1.93. The molecule has 2 fully saturated rings. The number of nitrogens with one attached hydrogen (secondary N) is 1. The number of rotatable bonds is 7. The van der Waals surface area contributed by atoms with E-state index in [1.54, 1.807) is 17.7 Å². The molecule has 8 nitrogen and oxygen atoms in total. The molecule has 8 heteroatoms. The molecule has 0 saturated carbocycles. The lowest BCUT2D eigenvalue weighted by Crippen LogP contribution is -2.53. The van der Waals surface area contributed by atoms with Crippen molar-refractivity contribution in [3.63, 3.8) is 0 Å². The fourth-order valence-corrected chi connectivity index (χ4v) is 4.24. The molecule has 1 N–H and O–H groups in total. The van der Waals surface area contributed by atoms with Gasteiger partial charge in [-0.25, -0.2) is 0 Å². The van der Waals surface area contributed by atoms with Crippen LogP contribution in [-0.2, 0) is 16.1 Å². The van der Waals surface area contributed by atoms with Gasteiger partial charge >= 0.3 is 0 Å². The van der Waals surface area contributed by atoms with Crippen LogP contribution in [0, 0.1) is 0 Å². The van der Waals surface area contributed by atoms with E-state index in [2.05, 4.69) is 15.3 Å². The van der Waals surface area contributed by atoms with Crippen molar-refractivity contribution in [3.8, 4) is 0 Å². The molecule has 0 aliphatic carbocycles. The van der Waals surface area contributed by atoms with Gasteiger partial charge in [0.1, 0.15) is 5.69 Å². The van der Waals surface area contributed by atoms with Crippen molar-refractivity contribution in [1.29, 1.82) is 0 Å². The minimum Gasteiger partial charge on any atom is -0.381 e. The molecular formula is C20H33N5O3. The summed E-state index contributed by atoms with van der Waals surface area (Å²) in [5, 5.41) is 7.29. The van der Waals surface area contributed by atoms with Gasteiger partial charge in [-0.1, -0.05) is 0 Å². The van der Waals surface area contributed by atoms with Crippen LogP contribution in [0.2, 0.25) is 0 Å². The number of aromatic nitrogens is 2. The Bertz CT molecular complexity index is 648. The third-order valence-corrected chi connectivity index (χ3v) is 5.89. The van der Waals surface area contributed by atoms with Gasteiger partial charge in [-0.05, 0) is 38.7 Å². The maximum atomic E-state index is 12.4. The summed E-state index contributed by atoms with van der Waals surface area (Å²) in [6, 6.07) is 2.70. The average Bonchev–Trinajstić information content (AvgIpc) is 3.21. The minimum absolute atomic E-state index is 0.120. The molecule has 2 amide bonds. The number of carbonyl (C=O) groups excluding carboxylic acids is 2. The lowest BCUT2D eigenvalue weighted by atomic mass is 9.98. The molecule has 0 unspecified atom stereocenters. The number of hydrogen-bond donors (Lipinski definition) is 1. The second-order valence-corrected chi connectivity index (χ2v) is 7.63. The normalized spacial score (nSPS) is 19.2. The molecule has 2 aliphatic heterocycles. The van der Waals surface area contributed by atoms with Gasteiger partial charge in [0.25, 0.3) is 5.91 Å². The van der Waals surface area contributed by atoms with Crippen LogP contribution in [0.5, 0.6) is 0 Å². The molecule has 2 saturated heterocycles. The lowest BCUT2D eigenvalue weighted by Gasteiger charge is -2.43. The number of ether oxygens (including phenoxy) is 1. The number of likely N-dealkylation sites (tertiary alicyclic amines) is 1. The van der Waals surface area contributed by atoms with Crippen molar-refractivity contribution in [3.05, 3.63) is 18.0 Å². The second kappa shape index (κ2) is 10.0. The minimum atomic E-state index is -0.120. The molecule has 2 aliphatic rings. The standard InChI is InChI=1S/C20H33N5O3/c1-3-24-12-6-19(22-24)20(27)21-9-13-25(18-7-14-28-15-8-18)17-4-10-23(11-5-17)16(2)26/h6,12,17-18H,3-5,7-11,13-15H2,1-2H3,(H,21,27). The maximum absolute atomic E-state index is 12.4. The molecule has 3 heterocycles. The molecular weight excluding hydrogens is 358 g/mol. The van der Waals surface area contributed by atoms with Crippen molar-refractivity contribution in [1.82, 2.24) is 24.9 Å². The molecule has 0 radical (unpaired) electrons. The topological polar surface area (TPSA) is 79.7 Å². The van der Waals surface area contributed by atoms with Crippen LogP contribution in [0.15, 0.2) is 12.3 Å². The lowest BCUT2D eigenvalue weighted by molar-refractivity contribution is -0.130.